The fraction of sp³-hybridized carbons (Fsp3) is 0.391. The average molecular weight is 496 g/mol. The summed E-state index contributed by atoms with van der Waals surface area (Å²) in [4.78, 5) is 27.3. The van der Waals surface area contributed by atoms with Crippen LogP contribution in [0.2, 0.25) is 5.02 Å². The van der Waals surface area contributed by atoms with Gasteiger partial charge in [0.05, 0.1) is 24.1 Å². The molecule has 8 nitrogen and oxygen atoms in total. The van der Waals surface area contributed by atoms with Gasteiger partial charge in [0.15, 0.2) is 0 Å². The number of likely N-dealkylation sites (N-methyl/N-ethyl adjacent to an activating group) is 1. The van der Waals surface area contributed by atoms with Crippen molar-refractivity contribution < 1.29 is 22.7 Å². The number of nitrogens with one attached hydrogen (secondary N) is 1. The third kappa shape index (κ3) is 7.10. The highest BCUT2D eigenvalue weighted by molar-refractivity contribution is 7.92. The summed E-state index contributed by atoms with van der Waals surface area (Å²) < 4.78 is 31.2. The van der Waals surface area contributed by atoms with Gasteiger partial charge in [-0.3, -0.25) is 13.9 Å². The molecule has 0 saturated carbocycles. The third-order valence-corrected chi connectivity index (χ3v) is 6.66. The van der Waals surface area contributed by atoms with E-state index in [-0.39, 0.29) is 23.2 Å². The summed E-state index contributed by atoms with van der Waals surface area (Å²) in [7, 11) is -0.864. The number of carbonyl (C=O) groups excluding carboxylic acids is 2. The molecule has 180 valence electrons. The zero-order chi connectivity index (χ0) is 24.6. The number of amides is 2. The van der Waals surface area contributed by atoms with Crippen molar-refractivity contribution in [1.82, 2.24) is 10.2 Å². The molecule has 0 aliphatic carbocycles. The molecule has 0 aromatic heterocycles. The molecule has 0 bridgehead atoms. The highest BCUT2D eigenvalue weighted by Gasteiger charge is 2.31. The first-order valence-corrected chi connectivity index (χ1v) is 12.7. The molecular weight excluding hydrogens is 466 g/mol. The van der Waals surface area contributed by atoms with Crippen LogP contribution in [0.15, 0.2) is 48.5 Å². The molecule has 10 heteroatoms. The van der Waals surface area contributed by atoms with Crippen molar-refractivity contribution >= 4 is 39.1 Å². The van der Waals surface area contributed by atoms with Gasteiger partial charge in [-0.1, -0.05) is 48.9 Å². The van der Waals surface area contributed by atoms with E-state index in [1.165, 1.54) is 37.3 Å². The minimum atomic E-state index is -3.82. The maximum atomic E-state index is 13.4. The van der Waals surface area contributed by atoms with Crippen LogP contribution < -0.4 is 14.4 Å². The van der Waals surface area contributed by atoms with Gasteiger partial charge < -0.3 is 15.0 Å². The number of methoxy groups -OCH3 is 1. The van der Waals surface area contributed by atoms with Crippen LogP contribution in [0.3, 0.4) is 0 Å². The first-order chi connectivity index (χ1) is 15.6. The molecule has 2 aromatic carbocycles. The molecule has 0 aliphatic heterocycles. The molecular formula is C23H30ClN3O5S. The van der Waals surface area contributed by atoms with Crippen LogP contribution in [0.25, 0.3) is 0 Å². The number of hydrogen-bond donors (Lipinski definition) is 1. The SMILES string of the molecule is CC[C@H](C(=O)NC)N(CCc1ccccc1)C(=O)CN(c1ccc(OC)c(Cl)c1)S(C)(=O)=O. The van der Waals surface area contributed by atoms with Gasteiger partial charge in [0.1, 0.15) is 18.3 Å². The fourth-order valence-corrected chi connectivity index (χ4v) is 4.58. The van der Waals surface area contributed by atoms with E-state index in [4.69, 9.17) is 16.3 Å². The van der Waals surface area contributed by atoms with E-state index in [2.05, 4.69) is 5.32 Å². The van der Waals surface area contributed by atoms with Gasteiger partial charge >= 0.3 is 0 Å². The van der Waals surface area contributed by atoms with Gasteiger partial charge in [-0.05, 0) is 36.6 Å². The van der Waals surface area contributed by atoms with Crippen molar-refractivity contribution in [1.29, 1.82) is 0 Å². The fourth-order valence-electron chi connectivity index (χ4n) is 3.49. The van der Waals surface area contributed by atoms with Crippen LogP contribution in [-0.4, -0.2) is 64.7 Å². The zero-order valence-electron chi connectivity index (χ0n) is 19.2. The lowest BCUT2D eigenvalue weighted by Gasteiger charge is -2.32. The zero-order valence-corrected chi connectivity index (χ0v) is 20.8. The minimum absolute atomic E-state index is 0.217. The first kappa shape index (κ1) is 26.5. The van der Waals surface area contributed by atoms with Crippen LogP contribution in [0, 0.1) is 0 Å². The first-order valence-electron chi connectivity index (χ1n) is 10.5. The van der Waals surface area contributed by atoms with E-state index < -0.39 is 28.5 Å². The normalized spacial score (nSPS) is 12.0. The monoisotopic (exact) mass is 495 g/mol. The smallest absolute Gasteiger partial charge is 0.244 e. The van der Waals surface area contributed by atoms with Gasteiger partial charge in [-0.25, -0.2) is 8.42 Å². The average Bonchev–Trinajstić information content (AvgIpc) is 2.79. The number of rotatable bonds is 11. The molecule has 1 atom stereocenters. The van der Waals surface area contributed by atoms with E-state index in [1.54, 1.807) is 6.92 Å². The van der Waals surface area contributed by atoms with Crippen molar-refractivity contribution in [2.45, 2.75) is 25.8 Å². The predicted octanol–water partition coefficient (Wildman–Crippen LogP) is 2.71. The minimum Gasteiger partial charge on any atom is -0.495 e. The number of sulfonamides is 1. The molecule has 2 amide bonds. The Labute approximate surface area is 200 Å². The summed E-state index contributed by atoms with van der Waals surface area (Å²) in [5.74, 6) is -0.411. The summed E-state index contributed by atoms with van der Waals surface area (Å²) in [6.07, 6.45) is 1.92. The second-order valence-corrected chi connectivity index (χ2v) is 9.76. The van der Waals surface area contributed by atoms with Crippen LogP contribution in [0.1, 0.15) is 18.9 Å². The summed E-state index contributed by atoms with van der Waals surface area (Å²) in [6, 6.07) is 13.3. The lowest BCUT2D eigenvalue weighted by Crippen LogP contribution is -2.52. The number of benzene rings is 2. The molecule has 0 aliphatic rings. The quantitative estimate of drug-likeness (QED) is 0.517. The number of carbonyl (C=O) groups is 2. The van der Waals surface area contributed by atoms with Crippen LogP contribution in [0.5, 0.6) is 5.75 Å². The van der Waals surface area contributed by atoms with Crippen LogP contribution in [0.4, 0.5) is 5.69 Å². The van der Waals surface area contributed by atoms with E-state index in [0.29, 0.717) is 18.6 Å². The number of hydrogen-bond acceptors (Lipinski definition) is 5. The summed E-state index contributed by atoms with van der Waals surface area (Å²) in [5.41, 5.74) is 1.23. The predicted molar refractivity (Wildman–Crippen MR) is 130 cm³/mol. The lowest BCUT2D eigenvalue weighted by molar-refractivity contribution is -0.139. The molecule has 0 saturated heterocycles. The largest absolute Gasteiger partial charge is 0.495 e. The van der Waals surface area contributed by atoms with Gasteiger partial charge in [-0.15, -0.1) is 0 Å². The standard InChI is InChI=1S/C23H30ClN3O5S/c1-5-20(23(29)25-2)26(14-13-17-9-7-6-8-10-17)22(28)16-27(33(4,30)31)18-11-12-21(32-3)19(24)15-18/h6-12,15,20H,5,13-14,16H2,1-4H3,(H,25,29)/t20-/m1/s1. The van der Waals surface area contributed by atoms with Gasteiger partial charge in [0.25, 0.3) is 0 Å². The van der Waals surface area contributed by atoms with E-state index in [9.17, 15) is 18.0 Å². The molecule has 0 radical (unpaired) electrons. The van der Waals surface area contributed by atoms with Crippen molar-refractivity contribution in [2.24, 2.45) is 0 Å². The molecule has 33 heavy (non-hydrogen) atoms. The summed E-state index contributed by atoms with van der Waals surface area (Å²) >= 11 is 6.18. The van der Waals surface area contributed by atoms with E-state index in [0.717, 1.165) is 16.1 Å². The second-order valence-electron chi connectivity index (χ2n) is 7.45. The van der Waals surface area contributed by atoms with Crippen molar-refractivity contribution in [3.63, 3.8) is 0 Å². The molecule has 0 fully saturated rings. The lowest BCUT2D eigenvalue weighted by atomic mass is 10.1. The van der Waals surface area contributed by atoms with Crippen molar-refractivity contribution in [3.05, 3.63) is 59.1 Å². The van der Waals surface area contributed by atoms with Gasteiger partial charge in [-0.2, -0.15) is 0 Å². The van der Waals surface area contributed by atoms with Gasteiger partial charge in [0, 0.05) is 13.6 Å². The number of anilines is 1. The summed E-state index contributed by atoms with van der Waals surface area (Å²) in [6.45, 7) is 1.60. The Kier molecular flexibility index (Phi) is 9.55. The Balaban J connectivity index is 2.36. The highest BCUT2D eigenvalue weighted by Crippen LogP contribution is 2.30. The van der Waals surface area contributed by atoms with Crippen LogP contribution >= 0.6 is 11.6 Å². The van der Waals surface area contributed by atoms with Crippen LogP contribution in [-0.2, 0) is 26.0 Å². The Morgan fingerprint density at radius 3 is 2.33 bits per heavy atom. The second kappa shape index (κ2) is 11.9. The summed E-state index contributed by atoms with van der Waals surface area (Å²) in [5, 5.41) is 2.81. The Bertz CT molecular complexity index is 1060. The van der Waals surface area contributed by atoms with Crippen molar-refractivity contribution in [2.75, 3.05) is 37.8 Å². The molecule has 2 rings (SSSR count). The number of nitrogens with zero attached hydrogens (tertiary/aromatic N) is 2. The highest BCUT2D eigenvalue weighted by atomic mass is 35.5. The Morgan fingerprint density at radius 2 is 1.82 bits per heavy atom. The van der Waals surface area contributed by atoms with Gasteiger partial charge in [0.2, 0.25) is 21.8 Å². The van der Waals surface area contributed by atoms with Crippen molar-refractivity contribution in [3.8, 4) is 5.75 Å². The van der Waals surface area contributed by atoms with E-state index >= 15 is 0 Å². The maximum absolute atomic E-state index is 13.4. The molecule has 0 spiro atoms. The number of ether oxygens (including phenoxy) is 1. The maximum Gasteiger partial charge on any atom is 0.244 e. The molecule has 0 unspecified atom stereocenters. The molecule has 0 heterocycles. The molecule has 2 aromatic rings. The number of halogens is 1. The third-order valence-electron chi connectivity index (χ3n) is 5.22. The molecule has 1 N–H and O–H groups in total. The Hall–Kier alpha value is -2.78. The topological polar surface area (TPSA) is 96.0 Å². The Morgan fingerprint density at radius 1 is 1.15 bits per heavy atom. The van der Waals surface area contributed by atoms with E-state index in [1.807, 2.05) is 30.3 Å².